The lowest BCUT2D eigenvalue weighted by molar-refractivity contribution is -0.154. The summed E-state index contributed by atoms with van der Waals surface area (Å²) in [6, 6.07) is -0.0511. The number of carbonyl (C=O) groups is 2. The number of hydrogen-bond acceptors (Lipinski definition) is 4. The number of nitrogens with one attached hydrogen (secondary N) is 1. The van der Waals surface area contributed by atoms with E-state index in [2.05, 4.69) is 5.32 Å². The van der Waals surface area contributed by atoms with E-state index in [4.69, 9.17) is 10.5 Å². The van der Waals surface area contributed by atoms with Gasteiger partial charge >= 0.3 is 5.97 Å². The van der Waals surface area contributed by atoms with Crippen LogP contribution in [0.15, 0.2) is 0 Å². The van der Waals surface area contributed by atoms with Gasteiger partial charge in [-0.2, -0.15) is 0 Å². The molecule has 5 nitrogen and oxygen atoms in total. The second-order valence-electron chi connectivity index (χ2n) is 5.22. The Morgan fingerprint density at radius 3 is 2.35 bits per heavy atom. The Hall–Kier alpha value is -1.10. The Morgan fingerprint density at radius 1 is 1.29 bits per heavy atom. The standard InChI is InChI=1S/C12H24N2O3/c1-9(13)8-14-10(15)6-5-7-11(16)17-12(2,3)4/h9H,5-8,13H2,1-4H3,(H,14,15). The van der Waals surface area contributed by atoms with E-state index >= 15 is 0 Å². The average molecular weight is 244 g/mol. The first kappa shape index (κ1) is 15.9. The van der Waals surface area contributed by atoms with E-state index in [1.165, 1.54) is 0 Å². The summed E-state index contributed by atoms with van der Waals surface area (Å²) in [5.41, 5.74) is 5.03. The van der Waals surface area contributed by atoms with Gasteiger partial charge in [0.05, 0.1) is 0 Å². The maximum atomic E-state index is 11.3. The Morgan fingerprint density at radius 2 is 1.88 bits per heavy atom. The molecule has 0 saturated carbocycles. The highest BCUT2D eigenvalue weighted by Crippen LogP contribution is 2.09. The molecule has 100 valence electrons. The maximum absolute atomic E-state index is 11.3. The fourth-order valence-electron chi connectivity index (χ4n) is 1.15. The second kappa shape index (κ2) is 7.27. The van der Waals surface area contributed by atoms with Gasteiger partial charge in [-0.05, 0) is 34.1 Å². The number of esters is 1. The minimum Gasteiger partial charge on any atom is -0.460 e. The van der Waals surface area contributed by atoms with Gasteiger partial charge in [-0.3, -0.25) is 9.59 Å². The molecule has 0 radical (unpaired) electrons. The third-order valence-corrected chi connectivity index (χ3v) is 1.83. The van der Waals surface area contributed by atoms with Crippen LogP contribution in [0.2, 0.25) is 0 Å². The first-order chi connectivity index (χ1) is 7.70. The molecule has 17 heavy (non-hydrogen) atoms. The van der Waals surface area contributed by atoms with Crippen molar-refractivity contribution < 1.29 is 14.3 Å². The molecule has 0 fully saturated rings. The molecule has 0 spiro atoms. The topological polar surface area (TPSA) is 81.4 Å². The number of amides is 1. The lowest BCUT2D eigenvalue weighted by Crippen LogP contribution is -2.35. The Labute approximate surface area is 103 Å². The van der Waals surface area contributed by atoms with Crippen LogP contribution >= 0.6 is 0 Å². The van der Waals surface area contributed by atoms with E-state index in [9.17, 15) is 9.59 Å². The van der Waals surface area contributed by atoms with Crippen LogP contribution in [-0.2, 0) is 14.3 Å². The van der Waals surface area contributed by atoms with Crippen LogP contribution in [0.3, 0.4) is 0 Å². The van der Waals surface area contributed by atoms with Crippen molar-refractivity contribution in [1.82, 2.24) is 5.32 Å². The summed E-state index contributed by atoms with van der Waals surface area (Å²) >= 11 is 0. The van der Waals surface area contributed by atoms with Crippen molar-refractivity contribution >= 4 is 11.9 Å². The van der Waals surface area contributed by atoms with Crippen molar-refractivity contribution in [3.05, 3.63) is 0 Å². The first-order valence-corrected chi connectivity index (χ1v) is 5.95. The van der Waals surface area contributed by atoms with Crippen molar-refractivity contribution in [2.24, 2.45) is 5.73 Å². The van der Waals surface area contributed by atoms with Gasteiger partial charge in [0.1, 0.15) is 5.60 Å². The van der Waals surface area contributed by atoms with Crippen LogP contribution in [0.25, 0.3) is 0 Å². The van der Waals surface area contributed by atoms with E-state index < -0.39 is 5.60 Å². The Kier molecular flexibility index (Phi) is 6.80. The van der Waals surface area contributed by atoms with Gasteiger partial charge in [0, 0.05) is 25.4 Å². The molecule has 1 amide bonds. The lowest BCUT2D eigenvalue weighted by Gasteiger charge is -2.19. The molecule has 0 aliphatic rings. The van der Waals surface area contributed by atoms with Crippen molar-refractivity contribution in [2.75, 3.05) is 6.54 Å². The summed E-state index contributed by atoms with van der Waals surface area (Å²) in [4.78, 5) is 22.6. The van der Waals surface area contributed by atoms with E-state index in [0.29, 0.717) is 19.4 Å². The van der Waals surface area contributed by atoms with Gasteiger partial charge in [-0.15, -0.1) is 0 Å². The van der Waals surface area contributed by atoms with Gasteiger partial charge in [-0.1, -0.05) is 0 Å². The lowest BCUT2D eigenvalue weighted by atomic mass is 10.2. The predicted octanol–water partition coefficient (Wildman–Crippen LogP) is 0.962. The summed E-state index contributed by atoms with van der Waals surface area (Å²) in [5, 5.41) is 2.69. The molecule has 0 saturated heterocycles. The van der Waals surface area contributed by atoms with Crippen molar-refractivity contribution in [3.63, 3.8) is 0 Å². The third kappa shape index (κ3) is 11.2. The molecule has 0 heterocycles. The van der Waals surface area contributed by atoms with Gasteiger partial charge in [-0.25, -0.2) is 0 Å². The number of ether oxygens (including phenoxy) is 1. The van der Waals surface area contributed by atoms with E-state index in [1.54, 1.807) is 0 Å². The van der Waals surface area contributed by atoms with Crippen LogP contribution in [0, 0.1) is 0 Å². The molecule has 0 bridgehead atoms. The monoisotopic (exact) mass is 244 g/mol. The predicted molar refractivity (Wildman–Crippen MR) is 66.4 cm³/mol. The molecule has 1 atom stereocenters. The fourth-order valence-corrected chi connectivity index (χ4v) is 1.15. The van der Waals surface area contributed by atoms with Gasteiger partial charge in [0.25, 0.3) is 0 Å². The molecule has 0 aromatic rings. The number of nitrogens with two attached hydrogens (primary N) is 1. The van der Waals surface area contributed by atoms with Gasteiger partial charge in [0.2, 0.25) is 5.91 Å². The number of rotatable bonds is 6. The normalized spacial score (nSPS) is 13.0. The van der Waals surface area contributed by atoms with E-state index in [-0.39, 0.29) is 24.3 Å². The molecule has 0 aliphatic heterocycles. The number of carbonyl (C=O) groups excluding carboxylic acids is 2. The Bertz CT molecular complexity index is 257. The second-order valence-corrected chi connectivity index (χ2v) is 5.22. The minimum absolute atomic E-state index is 0.0511. The first-order valence-electron chi connectivity index (χ1n) is 5.95. The summed E-state index contributed by atoms with van der Waals surface area (Å²) < 4.78 is 5.13. The van der Waals surface area contributed by atoms with Crippen molar-refractivity contribution in [3.8, 4) is 0 Å². The van der Waals surface area contributed by atoms with Crippen molar-refractivity contribution in [1.29, 1.82) is 0 Å². The molecule has 0 aliphatic carbocycles. The average Bonchev–Trinajstić information content (AvgIpc) is 2.11. The van der Waals surface area contributed by atoms with Gasteiger partial charge in [0.15, 0.2) is 0 Å². The summed E-state index contributed by atoms with van der Waals surface area (Å²) in [6.07, 6.45) is 1.09. The van der Waals surface area contributed by atoms with E-state index in [1.807, 2.05) is 27.7 Å². The molecular formula is C12H24N2O3. The molecule has 0 aromatic heterocycles. The van der Waals surface area contributed by atoms with E-state index in [0.717, 1.165) is 0 Å². The zero-order valence-electron chi connectivity index (χ0n) is 11.2. The number of hydrogen-bond donors (Lipinski definition) is 2. The fraction of sp³-hybridized carbons (Fsp3) is 0.833. The smallest absolute Gasteiger partial charge is 0.306 e. The van der Waals surface area contributed by atoms with Crippen LogP contribution in [0.1, 0.15) is 47.0 Å². The minimum atomic E-state index is -0.464. The summed E-state index contributed by atoms with van der Waals surface area (Å²) in [5.74, 6) is -0.344. The highest BCUT2D eigenvalue weighted by molar-refractivity contribution is 5.77. The van der Waals surface area contributed by atoms with Crippen LogP contribution in [0.5, 0.6) is 0 Å². The molecule has 3 N–H and O–H groups in total. The molecule has 1 unspecified atom stereocenters. The highest BCUT2D eigenvalue weighted by atomic mass is 16.6. The zero-order valence-corrected chi connectivity index (χ0v) is 11.2. The molecule has 0 aromatic carbocycles. The van der Waals surface area contributed by atoms with Crippen molar-refractivity contribution in [2.45, 2.75) is 58.6 Å². The van der Waals surface area contributed by atoms with Gasteiger partial charge < -0.3 is 15.8 Å². The zero-order chi connectivity index (χ0) is 13.5. The largest absolute Gasteiger partial charge is 0.460 e. The van der Waals surface area contributed by atoms with Crippen LogP contribution in [0.4, 0.5) is 0 Å². The SMILES string of the molecule is CC(N)CNC(=O)CCCC(=O)OC(C)(C)C. The molecule has 5 heteroatoms. The summed E-state index contributed by atoms with van der Waals surface area (Å²) in [6.45, 7) is 7.74. The maximum Gasteiger partial charge on any atom is 0.306 e. The van der Waals surface area contributed by atoms with Crippen LogP contribution < -0.4 is 11.1 Å². The third-order valence-electron chi connectivity index (χ3n) is 1.83. The van der Waals surface area contributed by atoms with Crippen LogP contribution in [-0.4, -0.2) is 30.1 Å². The molecule has 0 rings (SSSR count). The molecular weight excluding hydrogens is 220 g/mol. The Balaban J connectivity index is 3.63. The quantitative estimate of drug-likeness (QED) is 0.682. The highest BCUT2D eigenvalue weighted by Gasteiger charge is 2.16. The summed E-state index contributed by atoms with van der Waals surface area (Å²) in [7, 11) is 0.